The summed E-state index contributed by atoms with van der Waals surface area (Å²) in [5.41, 5.74) is 1.64. The highest BCUT2D eigenvalue weighted by Crippen LogP contribution is 2.58. The second kappa shape index (κ2) is 3.73. The minimum absolute atomic E-state index is 0.207. The van der Waals surface area contributed by atoms with E-state index in [0.717, 1.165) is 23.7 Å². The zero-order valence-corrected chi connectivity index (χ0v) is 10.3. The van der Waals surface area contributed by atoms with Gasteiger partial charge < -0.3 is 5.11 Å². The first kappa shape index (κ1) is 10.6. The van der Waals surface area contributed by atoms with E-state index in [0.29, 0.717) is 5.92 Å². The number of allylic oxidation sites excluding steroid dienone is 3. The number of hydrogen-bond donors (Lipinski definition) is 1. The predicted octanol–water partition coefficient (Wildman–Crippen LogP) is 3.16. The van der Waals surface area contributed by atoms with Crippen molar-refractivity contribution in [3.8, 4) is 0 Å². The van der Waals surface area contributed by atoms with Gasteiger partial charge in [-0.3, -0.25) is 0 Å². The van der Waals surface area contributed by atoms with Crippen LogP contribution in [0.1, 0.15) is 33.1 Å². The van der Waals surface area contributed by atoms with Crippen LogP contribution in [0.2, 0.25) is 0 Å². The smallest absolute Gasteiger partial charge is 0.0572 e. The fourth-order valence-corrected chi connectivity index (χ4v) is 4.05. The van der Waals surface area contributed by atoms with Gasteiger partial charge in [0, 0.05) is 0 Å². The number of aliphatic hydroxyl groups is 1. The van der Waals surface area contributed by atoms with Crippen LogP contribution in [0.15, 0.2) is 23.8 Å². The zero-order valence-electron chi connectivity index (χ0n) is 10.3. The van der Waals surface area contributed by atoms with Crippen molar-refractivity contribution in [3.05, 3.63) is 23.8 Å². The summed E-state index contributed by atoms with van der Waals surface area (Å²) >= 11 is 0. The summed E-state index contributed by atoms with van der Waals surface area (Å²) in [5.74, 6) is 3.88. The highest BCUT2D eigenvalue weighted by Gasteiger charge is 2.49. The molecule has 2 saturated carbocycles. The van der Waals surface area contributed by atoms with Crippen LogP contribution in [-0.4, -0.2) is 11.2 Å². The van der Waals surface area contributed by atoms with Crippen molar-refractivity contribution in [2.45, 2.75) is 39.2 Å². The first-order valence-electron chi connectivity index (χ1n) is 6.72. The Hall–Kier alpha value is -0.560. The van der Waals surface area contributed by atoms with Crippen molar-refractivity contribution in [2.75, 3.05) is 0 Å². The summed E-state index contributed by atoms with van der Waals surface area (Å²) in [4.78, 5) is 0. The molecule has 3 rings (SSSR count). The molecule has 3 aliphatic carbocycles. The maximum Gasteiger partial charge on any atom is 0.0572 e. The van der Waals surface area contributed by atoms with Gasteiger partial charge in [0.2, 0.25) is 0 Å². The van der Waals surface area contributed by atoms with Crippen LogP contribution in [0.4, 0.5) is 0 Å². The molecule has 2 bridgehead atoms. The molecule has 1 N–H and O–H groups in total. The molecule has 1 nitrogen and oxygen atoms in total. The standard InChI is InChI=1S/C15H22O/c1-9(10(2)16)6-11-7-12-8-15(11)14-5-3-4-13(12)14/h3,5-6,9-10,12-16H,4,7-8H2,1-2H3/t9-,10-,12-,13+,14+,15-/m0/s1. The molecule has 0 heterocycles. The summed E-state index contributed by atoms with van der Waals surface area (Å²) < 4.78 is 0. The van der Waals surface area contributed by atoms with Gasteiger partial charge in [0.15, 0.2) is 0 Å². The molecule has 0 unspecified atom stereocenters. The zero-order chi connectivity index (χ0) is 11.3. The molecule has 2 fully saturated rings. The summed E-state index contributed by atoms with van der Waals surface area (Å²) in [6.45, 7) is 4.03. The van der Waals surface area contributed by atoms with Gasteiger partial charge in [0.05, 0.1) is 6.10 Å². The molecule has 0 aliphatic heterocycles. The fraction of sp³-hybridized carbons (Fsp3) is 0.733. The summed E-state index contributed by atoms with van der Waals surface area (Å²) in [5, 5.41) is 9.58. The van der Waals surface area contributed by atoms with Crippen LogP contribution in [-0.2, 0) is 0 Å². The maximum absolute atomic E-state index is 9.58. The van der Waals surface area contributed by atoms with Gasteiger partial charge in [-0.05, 0) is 55.8 Å². The van der Waals surface area contributed by atoms with Crippen LogP contribution < -0.4 is 0 Å². The molecule has 0 aromatic carbocycles. The van der Waals surface area contributed by atoms with Crippen molar-refractivity contribution in [3.63, 3.8) is 0 Å². The van der Waals surface area contributed by atoms with E-state index in [1.165, 1.54) is 19.3 Å². The van der Waals surface area contributed by atoms with Gasteiger partial charge >= 0.3 is 0 Å². The van der Waals surface area contributed by atoms with E-state index < -0.39 is 0 Å². The Labute approximate surface area is 98.2 Å². The summed E-state index contributed by atoms with van der Waals surface area (Å²) in [6.07, 6.45) is 11.0. The molecule has 16 heavy (non-hydrogen) atoms. The van der Waals surface area contributed by atoms with Crippen molar-refractivity contribution in [1.82, 2.24) is 0 Å². The van der Waals surface area contributed by atoms with Crippen molar-refractivity contribution in [2.24, 2.45) is 29.6 Å². The second-order valence-corrected chi connectivity index (χ2v) is 6.05. The fourth-order valence-electron chi connectivity index (χ4n) is 4.05. The van der Waals surface area contributed by atoms with Crippen LogP contribution in [0.3, 0.4) is 0 Å². The van der Waals surface area contributed by atoms with E-state index in [4.69, 9.17) is 0 Å². The lowest BCUT2D eigenvalue weighted by atomic mass is 9.78. The molecule has 0 spiro atoms. The van der Waals surface area contributed by atoms with Crippen LogP contribution in [0.25, 0.3) is 0 Å². The van der Waals surface area contributed by atoms with Gasteiger partial charge in [-0.1, -0.05) is 30.7 Å². The van der Waals surface area contributed by atoms with Crippen LogP contribution in [0.5, 0.6) is 0 Å². The summed E-state index contributed by atoms with van der Waals surface area (Å²) in [7, 11) is 0. The monoisotopic (exact) mass is 218 g/mol. The van der Waals surface area contributed by atoms with Crippen LogP contribution >= 0.6 is 0 Å². The predicted molar refractivity (Wildman–Crippen MR) is 65.9 cm³/mol. The molecular weight excluding hydrogens is 196 g/mol. The highest BCUT2D eigenvalue weighted by molar-refractivity contribution is 5.27. The van der Waals surface area contributed by atoms with Crippen molar-refractivity contribution >= 4 is 0 Å². The third-order valence-corrected chi connectivity index (χ3v) is 5.10. The minimum atomic E-state index is -0.207. The van der Waals surface area contributed by atoms with E-state index >= 15 is 0 Å². The molecule has 0 amide bonds. The third kappa shape index (κ3) is 1.48. The average molecular weight is 218 g/mol. The molecule has 3 aliphatic rings. The first-order valence-corrected chi connectivity index (χ1v) is 6.72. The molecule has 0 aromatic rings. The number of hydrogen-bond acceptors (Lipinski definition) is 1. The SMILES string of the molecule is C[C@H](O)[C@@H](C)C=C1C[C@H]2C[C@@H]1[C@@H]1C=CC[C@H]21. The Balaban J connectivity index is 1.79. The maximum atomic E-state index is 9.58. The largest absolute Gasteiger partial charge is 0.393 e. The highest BCUT2D eigenvalue weighted by atomic mass is 16.3. The topological polar surface area (TPSA) is 20.2 Å². The van der Waals surface area contributed by atoms with Gasteiger partial charge in [0.1, 0.15) is 0 Å². The van der Waals surface area contributed by atoms with Crippen LogP contribution in [0, 0.1) is 29.6 Å². The third-order valence-electron chi connectivity index (χ3n) is 5.10. The molecule has 0 saturated heterocycles. The lowest BCUT2D eigenvalue weighted by molar-refractivity contribution is 0.156. The average Bonchev–Trinajstić information content (AvgIpc) is 2.87. The quantitative estimate of drug-likeness (QED) is 0.706. The lowest BCUT2D eigenvalue weighted by Crippen LogP contribution is -2.20. The van der Waals surface area contributed by atoms with E-state index in [-0.39, 0.29) is 6.10 Å². The minimum Gasteiger partial charge on any atom is -0.393 e. The lowest BCUT2D eigenvalue weighted by Gasteiger charge is -2.27. The number of fused-ring (bicyclic) bond motifs is 5. The second-order valence-electron chi connectivity index (χ2n) is 6.05. The van der Waals surface area contributed by atoms with Crippen molar-refractivity contribution < 1.29 is 5.11 Å². The first-order chi connectivity index (χ1) is 7.66. The van der Waals surface area contributed by atoms with E-state index in [1.54, 1.807) is 5.57 Å². The molecule has 0 radical (unpaired) electrons. The van der Waals surface area contributed by atoms with Gasteiger partial charge in [-0.2, -0.15) is 0 Å². The number of rotatable bonds is 2. The molecule has 1 heteroatoms. The van der Waals surface area contributed by atoms with Gasteiger partial charge in [-0.25, -0.2) is 0 Å². The Bertz CT molecular complexity index is 339. The molecule has 88 valence electrons. The van der Waals surface area contributed by atoms with Gasteiger partial charge in [0.25, 0.3) is 0 Å². The van der Waals surface area contributed by atoms with Crippen molar-refractivity contribution in [1.29, 1.82) is 0 Å². The Morgan fingerprint density at radius 1 is 1.44 bits per heavy atom. The van der Waals surface area contributed by atoms with E-state index in [1.807, 2.05) is 6.92 Å². The van der Waals surface area contributed by atoms with E-state index in [9.17, 15) is 5.11 Å². The summed E-state index contributed by atoms with van der Waals surface area (Å²) in [6, 6.07) is 0. The Kier molecular flexibility index (Phi) is 2.47. The molecule has 6 atom stereocenters. The molecular formula is C15H22O. The molecule has 0 aromatic heterocycles. The normalized spacial score (nSPS) is 46.3. The number of aliphatic hydroxyl groups excluding tert-OH is 1. The Morgan fingerprint density at radius 2 is 2.25 bits per heavy atom. The van der Waals surface area contributed by atoms with E-state index in [2.05, 4.69) is 25.2 Å². The van der Waals surface area contributed by atoms with Gasteiger partial charge in [-0.15, -0.1) is 0 Å². The Morgan fingerprint density at radius 3 is 3.00 bits per heavy atom.